The molecule has 1 fully saturated rings. The first-order valence-electron chi connectivity index (χ1n) is 9.71. The van der Waals surface area contributed by atoms with Gasteiger partial charge in [-0.05, 0) is 50.2 Å². The van der Waals surface area contributed by atoms with Gasteiger partial charge in [-0.2, -0.15) is 0 Å². The third-order valence-corrected chi connectivity index (χ3v) is 5.01. The Balaban J connectivity index is 1.52. The topological polar surface area (TPSA) is 75.4 Å². The van der Waals surface area contributed by atoms with Crippen LogP contribution in [0.25, 0.3) is 0 Å². The maximum absolute atomic E-state index is 12.3. The summed E-state index contributed by atoms with van der Waals surface area (Å²) < 4.78 is 5.62. The maximum atomic E-state index is 12.3. The van der Waals surface area contributed by atoms with Gasteiger partial charge in [0.25, 0.3) is 0 Å². The van der Waals surface area contributed by atoms with Crippen LogP contribution in [0.1, 0.15) is 60.7 Å². The number of aromatic nitrogens is 1. The van der Waals surface area contributed by atoms with E-state index in [9.17, 15) is 9.59 Å². The average molecular weight is 369 g/mol. The monoisotopic (exact) mass is 369 g/mol. The van der Waals surface area contributed by atoms with Crippen molar-refractivity contribution >= 4 is 11.7 Å². The van der Waals surface area contributed by atoms with Gasteiger partial charge in [0, 0.05) is 37.3 Å². The minimum absolute atomic E-state index is 0.0380. The first kappa shape index (κ1) is 19.3. The number of nitrogens with one attached hydrogen (secondary N) is 1. The third kappa shape index (κ3) is 5.76. The largest absolute Gasteiger partial charge is 0.468 e. The number of likely N-dealkylation sites (tertiary alicyclic amines) is 1. The summed E-state index contributed by atoms with van der Waals surface area (Å²) in [7, 11) is 0. The number of hydrogen-bond donors (Lipinski definition) is 1. The number of hydrogen-bond acceptors (Lipinski definition) is 5. The molecule has 3 heterocycles. The van der Waals surface area contributed by atoms with Gasteiger partial charge in [-0.25, -0.2) is 0 Å². The van der Waals surface area contributed by atoms with Gasteiger partial charge >= 0.3 is 0 Å². The third-order valence-electron chi connectivity index (χ3n) is 5.01. The molecule has 0 saturated carbocycles. The molecule has 1 aliphatic rings. The SMILES string of the molecule is O=C(CCC(=O)c1cccnc1)NCC(c1ccco1)N1CCCCCC1. The van der Waals surface area contributed by atoms with Crippen molar-refractivity contribution in [1.29, 1.82) is 0 Å². The predicted octanol–water partition coefficient (Wildman–Crippen LogP) is 3.37. The zero-order valence-corrected chi connectivity index (χ0v) is 15.6. The summed E-state index contributed by atoms with van der Waals surface area (Å²) in [6, 6.07) is 7.33. The molecule has 2 aromatic heterocycles. The average Bonchev–Trinajstić information content (AvgIpc) is 3.10. The molecule has 1 N–H and O–H groups in total. The molecule has 6 nitrogen and oxygen atoms in total. The van der Waals surface area contributed by atoms with Gasteiger partial charge in [0.05, 0.1) is 12.3 Å². The molecule has 6 heteroatoms. The Kier molecular flexibility index (Phi) is 7.16. The minimum Gasteiger partial charge on any atom is -0.468 e. The minimum atomic E-state index is -0.112. The number of amides is 1. The van der Waals surface area contributed by atoms with E-state index < -0.39 is 0 Å². The van der Waals surface area contributed by atoms with Crippen LogP contribution in [0.5, 0.6) is 0 Å². The van der Waals surface area contributed by atoms with Crippen molar-refractivity contribution in [2.75, 3.05) is 19.6 Å². The van der Waals surface area contributed by atoms with E-state index in [-0.39, 0.29) is 30.6 Å². The first-order valence-corrected chi connectivity index (χ1v) is 9.71. The molecule has 1 amide bonds. The second-order valence-corrected chi connectivity index (χ2v) is 6.95. The van der Waals surface area contributed by atoms with Crippen molar-refractivity contribution in [3.05, 3.63) is 54.2 Å². The van der Waals surface area contributed by atoms with E-state index in [0.29, 0.717) is 12.1 Å². The van der Waals surface area contributed by atoms with Crippen LogP contribution in [-0.4, -0.2) is 41.2 Å². The number of ketones is 1. The molecule has 1 saturated heterocycles. The van der Waals surface area contributed by atoms with Gasteiger partial charge in [-0.3, -0.25) is 19.5 Å². The lowest BCUT2D eigenvalue weighted by atomic mass is 10.1. The molecule has 2 aromatic rings. The van der Waals surface area contributed by atoms with E-state index in [1.807, 2.05) is 12.1 Å². The highest BCUT2D eigenvalue weighted by Gasteiger charge is 2.24. The standard InChI is InChI=1S/C21H27N3O3/c25-19(17-7-5-11-22-15-17)9-10-21(26)23-16-18(20-8-6-14-27-20)24-12-3-1-2-4-13-24/h5-8,11,14-15,18H,1-4,9-10,12-13,16H2,(H,23,26). The summed E-state index contributed by atoms with van der Waals surface area (Å²) in [5.74, 6) is 0.704. The molecule has 0 aliphatic carbocycles. The van der Waals surface area contributed by atoms with E-state index in [2.05, 4.69) is 15.2 Å². The van der Waals surface area contributed by atoms with E-state index in [0.717, 1.165) is 18.8 Å². The Hall–Kier alpha value is -2.47. The van der Waals surface area contributed by atoms with Crippen LogP contribution in [0.2, 0.25) is 0 Å². The van der Waals surface area contributed by atoms with Crippen molar-refractivity contribution in [1.82, 2.24) is 15.2 Å². The van der Waals surface area contributed by atoms with Crippen LogP contribution in [0.15, 0.2) is 47.3 Å². The van der Waals surface area contributed by atoms with Gasteiger partial charge in [0.1, 0.15) is 5.76 Å². The second-order valence-electron chi connectivity index (χ2n) is 6.95. The van der Waals surface area contributed by atoms with Crippen LogP contribution < -0.4 is 5.32 Å². The number of nitrogens with zero attached hydrogens (tertiary/aromatic N) is 2. The van der Waals surface area contributed by atoms with Crippen LogP contribution in [0.4, 0.5) is 0 Å². The van der Waals surface area contributed by atoms with Gasteiger partial charge in [-0.1, -0.05) is 12.8 Å². The molecule has 1 unspecified atom stereocenters. The summed E-state index contributed by atoms with van der Waals surface area (Å²) in [4.78, 5) is 30.7. The first-order chi connectivity index (χ1) is 13.2. The smallest absolute Gasteiger partial charge is 0.220 e. The molecule has 0 bridgehead atoms. The van der Waals surface area contributed by atoms with E-state index in [1.165, 1.54) is 31.9 Å². The number of furan rings is 1. The van der Waals surface area contributed by atoms with Crippen molar-refractivity contribution in [2.24, 2.45) is 0 Å². The molecule has 144 valence electrons. The Morgan fingerprint density at radius 1 is 1.11 bits per heavy atom. The van der Waals surface area contributed by atoms with Crippen LogP contribution in [-0.2, 0) is 4.79 Å². The number of rotatable bonds is 8. The Morgan fingerprint density at radius 2 is 1.93 bits per heavy atom. The summed E-state index contributed by atoms with van der Waals surface area (Å²) in [6.07, 6.45) is 10.1. The van der Waals surface area contributed by atoms with Gasteiger partial charge in [-0.15, -0.1) is 0 Å². The van der Waals surface area contributed by atoms with E-state index in [4.69, 9.17) is 4.42 Å². The number of pyridine rings is 1. The van der Waals surface area contributed by atoms with Crippen LogP contribution in [0, 0.1) is 0 Å². The molecule has 0 spiro atoms. The zero-order chi connectivity index (χ0) is 18.9. The number of Topliss-reactive ketones (excluding diaryl/α,β-unsaturated/α-hetero) is 1. The van der Waals surface area contributed by atoms with Gasteiger partial charge in [0.2, 0.25) is 5.91 Å². The Bertz CT molecular complexity index is 708. The van der Waals surface area contributed by atoms with Gasteiger partial charge < -0.3 is 9.73 Å². The van der Waals surface area contributed by atoms with Crippen molar-refractivity contribution < 1.29 is 14.0 Å². The van der Waals surface area contributed by atoms with Gasteiger partial charge in [0.15, 0.2) is 5.78 Å². The van der Waals surface area contributed by atoms with E-state index >= 15 is 0 Å². The molecule has 0 aromatic carbocycles. The highest BCUT2D eigenvalue weighted by molar-refractivity contribution is 5.97. The normalized spacial score (nSPS) is 16.4. The van der Waals surface area contributed by atoms with Crippen molar-refractivity contribution in [2.45, 2.75) is 44.6 Å². The van der Waals surface area contributed by atoms with Crippen LogP contribution >= 0.6 is 0 Å². The number of carbonyl (C=O) groups is 2. The van der Waals surface area contributed by atoms with E-state index in [1.54, 1.807) is 24.6 Å². The molecule has 3 rings (SSSR count). The highest BCUT2D eigenvalue weighted by Crippen LogP contribution is 2.24. The lowest BCUT2D eigenvalue weighted by Gasteiger charge is -2.29. The maximum Gasteiger partial charge on any atom is 0.220 e. The highest BCUT2D eigenvalue weighted by atomic mass is 16.3. The summed E-state index contributed by atoms with van der Waals surface area (Å²) >= 11 is 0. The molecular weight excluding hydrogens is 342 g/mol. The molecular formula is C21H27N3O3. The fraction of sp³-hybridized carbons (Fsp3) is 0.476. The molecule has 1 aliphatic heterocycles. The molecule has 0 radical (unpaired) electrons. The Morgan fingerprint density at radius 3 is 2.59 bits per heavy atom. The predicted molar refractivity (Wildman–Crippen MR) is 102 cm³/mol. The summed E-state index contributed by atoms with van der Waals surface area (Å²) in [6.45, 7) is 2.52. The van der Waals surface area contributed by atoms with Crippen molar-refractivity contribution in [3.63, 3.8) is 0 Å². The van der Waals surface area contributed by atoms with Crippen molar-refractivity contribution in [3.8, 4) is 0 Å². The van der Waals surface area contributed by atoms with Crippen LogP contribution in [0.3, 0.4) is 0 Å². The summed E-state index contributed by atoms with van der Waals surface area (Å²) in [5.41, 5.74) is 0.545. The molecule has 27 heavy (non-hydrogen) atoms. The lowest BCUT2D eigenvalue weighted by molar-refractivity contribution is -0.121. The Labute approximate surface area is 160 Å². The fourth-order valence-electron chi connectivity index (χ4n) is 3.50. The zero-order valence-electron chi connectivity index (χ0n) is 15.6. The summed E-state index contributed by atoms with van der Waals surface area (Å²) in [5, 5.41) is 2.99. The molecule has 1 atom stereocenters. The fourth-order valence-corrected chi connectivity index (χ4v) is 3.50. The lowest BCUT2D eigenvalue weighted by Crippen LogP contribution is -2.38. The quantitative estimate of drug-likeness (QED) is 0.722. The second kappa shape index (κ2) is 10.0. The number of carbonyl (C=O) groups excluding carboxylic acids is 2.